The molecule has 0 fully saturated rings. The normalized spacial score (nSPS) is 12.8. The number of hydrogen-bond acceptors (Lipinski definition) is 2. The molecule has 0 spiro atoms. The van der Waals surface area contributed by atoms with Gasteiger partial charge in [-0.3, -0.25) is 4.79 Å². The highest BCUT2D eigenvalue weighted by Crippen LogP contribution is 2.52. The molecule has 0 atom stereocenters. The molecule has 0 saturated carbocycles. The number of aromatic nitrogens is 1. The Morgan fingerprint density at radius 1 is 0.966 bits per heavy atom. The quantitative estimate of drug-likeness (QED) is 0.593. The number of alkyl halides is 6. The van der Waals surface area contributed by atoms with E-state index in [9.17, 15) is 31.1 Å². The van der Waals surface area contributed by atoms with E-state index in [2.05, 4.69) is 4.98 Å². The number of halogens is 6. The molecule has 4 nitrogen and oxygen atoms in total. The third-order valence-corrected chi connectivity index (χ3v) is 4.48. The SMILES string of the molecule is COc1cccc(C(=O)NC(c2c[nH]c3ccccc23)(C(F)(F)F)C(F)(F)F)c1. The third kappa shape index (κ3) is 3.39. The van der Waals surface area contributed by atoms with Crippen molar-refractivity contribution in [2.45, 2.75) is 17.9 Å². The van der Waals surface area contributed by atoms with E-state index in [4.69, 9.17) is 4.74 Å². The van der Waals surface area contributed by atoms with Crippen LogP contribution in [0.25, 0.3) is 10.9 Å². The van der Waals surface area contributed by atoms with E-state index in [-0.39, 0.29) is 16.7 Å². The number of methoxy groups -OCH3 is 1. The van der Waals surface area contributed by atoms with Crippen LogP contribution in [0.1, 0.15) is 15.9 Å². The summed E-state index contributed by atoms with van der Waals surface area (Å²) in [5, 5.41) is 0.896. The molecule has 0 aliphatic carbocycles. The number of rotatable bonds is 4. The number of benzene rings is 2. The second-order valence-electron chi connectivity index (χ2n) is 6.18. The van der Waals surface area contributed by atoms with Crippen LogP contribution in [0, 0.1) is 0 Å². The van der Waals surface area contributed by atoms with E-state index in [1.165, 1.54) is 42.8 Å². The number of carbonyl (C=O) groups is 1. The summed E-state index contributed by atoms with van der Waals surface area (Å²) in [6.07, 6.45) is -11.2. The molecule has 0 aliphatic rings. The summed E-state index contributed by atoms with van der Waals surface area (Å²) in [7, 11) is 1.25. The summed E-state index contributed by atoms with van der Waals surface area (Å²) in [5.74, 6) is -1.45. The lowest BCUT2D eigenvalue weighted by molar-refractivity contribution is -0.309. The van der Waals surface area contributed by atoms with Crippen molar-refractivity contribution in [2.75, 3.05) is 7.11 Å². The Hall–Kier alpha value is -3.17. The van der Waals surface area contributed by atoms with Crippen LogP contribution in [-0.2, 0) is 5.54 Å². The molecule has 1 heterocycles. The molecule has 10 heteroatoms. The van der Waals surface area contributed by atoms with Crippen molar-refractivity contribution in [3.8, 4) is 5.75 Å². The Morgan fingerprint density at radius 3 is 2.24 bits per heavy atom. The van der Waals surface area contributed by atoms with Crippen LogP contribution in [0.4, 0.5) is 26.3 Å². The van der Waals surface area contributed by atoms with Gasteiger partial charge in [0.1, 0.15) is 5.75 Å². The number of para-hydroxylation sites is 1. The van der Waals surface area contributed by atoms with Gasteiger partial charge < -0.3 is 15.0 Å². The third-order valence-electron chi connectivity index (χ3n) is 4.48. The van der Waals surface area contributed by atoms with Gasteiger partial charge in [-0.05, 0) is 24.3 Å². The zero-order valence-electron chi connectivity index (χ0n) is 14.8. The molecule has 0 unspecified atom stereocenters. The molecule has 1 amide bonds. The van der Waals surface area contributed by atoms with Gasteiger partial charge in [0.2, 0.25) is 0 Å². The van der Waals surface area contributed by atoms with Crippen LogP contribution >= 0.6 is 0 Å². The largest absolute Gasteiger partial charge is 0.497 e. The fourth-order valence-electron chi connectivity index (χ4n) is 3.06. The molecule has 0 saturated heterocycles. The summed E-state index contributed by atoms with van der Waals surface area (Å²) >= 11 is 0. The van der Waals surface area contributed by atoms with E-state index in [0.29, 0.717) is 6.20 Å². The van der Waals surface area contributed by atoms with E-state index < -0.39 is 34.9 Å². The average molecular weight is 416 g/mol. The number of aromatic amines is 1. The first-order chi connectivity index (χ1) is 13.5. The number of carbonyl (C=O) groups excluding carboxylic acids is 1. The molecule has 3 aromatic rings. The highest BCUT2D eigenvalue weighted by atomic mass is 19.4. The predicted molar refractivity (Wildman–Crippen MR) is 92.5 cm³/mol. The number of hydrogen-bond donors (Lipinski definition) is 2. The van der Waals surface area contributed by atoms with Crippen molar-refractivity contribution < 1.29 is 35.9 Å². The fraction of sp³-hybridized carbons (Fsp3) is 0.211. The van der Waals surface area contributed by atoms with Gasteiger partial charge in [0.05, 0.1) is 7.11 Å². The number of nitrogens with one attached hydrogen (secondary N) is 2. The summed E-state index contributed by atoms with van der Waals surface area (Å²) in [6, 6.07) is 10.0. The molecule has 2 aromatic carbocycles. The second-order valence-corrected chi connectivity index (χ2v) is 6.18. The summed E-state index contributed by atoms with van der Waals surface area (Å²) < 4.78 is 88.9. The number of H-pyrrole nitrogens is 1. The molecule has 3 rings (SSSR count). The minimum absolute atomic E-state index is 0.0657. The lowest BCUT2D eigenvalue weighted by Gasteiger charge is -2.37. The van der Waals surface area contributed by atoms with Crippen LogP contribution in [0.2, 0.25) is 0 Å². The zero-order valence-corrected chi connectivity index (χ0v) is 14.8. The first kappa shape index (κ1) is 20.6. The van der Waals surface area contributed by atoms with Gasteiger partial charge in [0, 0.05) is 28.2 Å². The van der Waals surface area contributed by atoms with Crippen molar-refractivity contribution in [3.05, 3.63) is 65.9 Å². The van der Waals surface area contributed by atoms with Gasteiger partial charge in [0.25, 0.3) is 11.4 Å². The molecule has 154 valence electrons. The van der Waals surface area contributed by atoms with Crippen molar-refractivity contribution in [1.82, 2.24) is 10.3 Å². The molecule has 2 N–H and O–H groups in total. The molecular formula is C19H14F6N2O2. The van der Waals surface area contributed by atoms with E-state index in [1.807, 2.05) is 0 Å². The summed E-state index contributed by atoms with van der Waals surface area (Å²) in [5.41, 5.74) is -6.12. The zero-order chi connectivity index (χ0) is 21.4. The van der Waals surface area contributed by atoms with Crippen molar-refractivity contribution in [3.63, 3.8) is 0 Å². The Bertz CT molecular complexity index is 1020. The molecule has 0 aliphatic heterocycles. The van der Waals surface area contributed by atoms with Crippen molar-refractivity contribution in [1.29, 1.82) is 0 Å². The molecule has 1 aromatic heterocycles. The van der Waals surface area contributed by atoms with E-state index in [0.717, 1.165) is 18.2 Å². The smallest absolute Gasteiger partial charge is 0.424 e. The van der Waals surface area contributed by atoms with Crippen LogP contribution in [0.3, 0.4) is 0 Å². The number of amides is 1. The van der Waals surface area contributed by atoms with Crippen LogP contribution in [0.5, 0.6) is 5.75 Å². The van der Waals surface area contributed by atoms with Gasteiger partial charge in [-0.15, -0.1) is 0 Å². The van der Waals surface area contributed by atoms with Crippen LogP contribution in [0.15, 0.2) is 54.7 Å². The topological polar surface area (TPSA) is 54.1 Å². The highest BCUT2D eigenvalue weighted by molar-refractivity contribution is 5.96. The summed E-state index contributed by atoms with van der Waals surface area (Å²) in [6.45, 7) is 0. The minimum atomic E-state index is -5.88. The Morgan fingerprint density at radius 2 is 1.62 bits per heavy atom. The van der Waals surface area contributed by atoms with E-state index in [1.54, 1.807) is 0 Å². The Kier molecular flexibility index (Phi) is 4.97. The van der Waals surface area contributed by atoms with Gasteiger partial charge in [-0.25, -0.2) is 0 Å². The predicted octanol–water partition coefficient (Wildman–Crippen LogP) is 4.93. The second kappa shape index (κ2) is 7.02. The van der Waals surface area contributed by atoms with Crippen LogP contribution in [-0.4, -0.2) is 30.4 Å². The number of ether oxygens (including phenoxy) is 1. The molecule has 29 heavy (non-hydrogen) atoms. The van der Waals surface area contributed by atoms with Crippen LogP contribution < -0.4 is 10.1 Å². The summed E-state index contributed by atoms with van der Waals surface area (Å²) in [4.78, 5) is 14.9. The molecule has 0 radical (unpaired) electrons. The Balaban J connectivity index is 2.22. The highest BCUT2D eigenvalue weighted by Gasteiger charge is 2.73. The fourth-order valence-corrected chi connectivity index (χ4v) is 3.06. The first-order valence-corrected chi connectivity index (χ1v) is 8.18. The lowest BCUT2D eigenvalue weighted by atomic mass is 9.87. The Labute approximate surface area is 160 Å². The van der Waals surface area contributed by atoms with Crippen molar-refractivity contribution >= 4 is 16.8 Å². The maximum atomic E-state index is 14.0. The molecular weight excluding hydrogens is 402 g/mol. The van der Waals surface area contributed by atoms with E-state index >= 15 is 0 Å². The average Bonchev–Trinajstić information content (AvgIpc) is 3.08. The maximum absolute atomic E-state index is 14.0. The standard InChI is InChI=1S/C19H14F6N2O2/c1-29-12-6-4-5-11(9-12)16(28)27-17(18(20,21)22,19(23,24)25)14-10-26-15-8-3-2-7-13(14)15/h2-10,26H,1H3,(H,27,28). The van der Waals surface area contributed by atoms with Crippen molar-refractivity contribution in [2.24, 2.45) is 0 Å². The van der Waals surface area contributed by atoms with Gasteiger partial charge in [-0.1, -0.05) is 24.3 Å². The van der Waals surface area contributed by atoms with Gasteiger partial charge >= 0.3 is 12.4 Å². The van der Waals surface area contributed by atoms with Gasteiger partial charge in [0.15, 0.2) is 0 Å². The molecule has 0 bridgehead atoms. The first-order valence-electron chi connectivity index (χ1n) is 8.18. The monoisotopic (exact) mass is 416 g/mol. The maximum Gasteiger partial charge on any atom is 0.424 e. The van der Waals surface area contributed by atoms with Gasteiger partial charge in [-0.2, -0.15) is 26.3 Å². The minimum Gasteiger partial charge on any atom is -0.497 e. The number of fused-ring (bicyclic) bond motifs is 1. The lowest BCUT2D eigenvalue weighted by Crippen LogP contribution is -2.64.